The van der Waals surface area contributed by atoms with E-state index in [0.29, 0.717) is 11.4 Å². The monoisotopic (exact) mass is 346 g/mol. The zero-order valence-electron chi connectivity index (χ0n) is 14.0. The van der Waals surface area contributed by atoms with Crippen LogP contribution in [-0.4, -0.2) is 46.5 Å². The van der Waals surface area contributed by atoms with Crippen LogP contribution in [0.5, 0.6) is 5.75 Å². The summed E-state index contributed by atoms with van der Waals surface area (Å²) in [5, 5.41) is 20.0. The first kappa shape index (κ1) is 18.9. The summed E-state index contributed by atoms with van der Waals surface area (Å²) >= 11 is 0. The standard InChI is InChI=1S/C18H22N2O5/c1-24-15-7-8-20-14(9-15)10-18(23,17(21)22)16(19)12-25-11-13-5-3-2-4-6-13/h2-9,16,23H,10-12,19H2,1H3,(H,21,22)/t16-,18+/m0/s1. The molecule has 7 nitrogen and oxygen atoms in total. The Morgan fingerprint density at radius 1 is 1.32 bits per heavy atom. The van der Waals surface area contributed by atoms with Crippen molar-refractivity contribution in [3.8, 4) is 5.75 Å². The molecule has 7 heteroatoms. The third kappa shape index (κ3) is 4.99. The highest BCUT2D eigenvalue weighted by Crippen LogP contribution is 2.20. The minimum atomic E-state index is -2.20. The van der Waals surface area contributed by atoms with E-state index in [0.717, 1.165) is 5.56 Å². The van der Waals surface area contributed by atoms with Gasteiger partial charge in [0.25, 0.3) is 0 Å². The van der Waals surface area contributed by atoms with E-state index in [2.05, 4.69) is 4.98 Å². The Balaban J connectivity index is 2.02. The minimum absolute atomic E-state index is 0.109. The smallest absolute Gasteiger partial charge is 0.337 e. The van der Waals surface area contributed by atoms with Gasteiger partial charge in [-0.05, 0) is 11.6 Å². The normalized spacial score (nSPS) is 14.5. The van der Waals surface area contributed by atoms with Crippen LogP contribution in [0.2, 0.25) is 0 Å². The number of rotatable bonds is 9. The lowest BCUT2D eigenvalue weighted by Gasteiger charge is -2.29. The van der Waals surface area contributed by atoms with E-state index in [1.165, 1.54) is 13.3 Å². The van der Waals surface area contributed by atoms with Crippen LogP contribution in [0.4, 0.5) is 0 Å². The van der Waals surface area contributed by atoms with Crippen molar-refractivity contribution in [3.63, 3.8) is 0 Å². The van der Waals surface area contributed by atoms with Crippen molar-refractivity contribution in [1.82, 2.24) is 4.98 Å². The number of hydrogen-bond donors (Lipinski definition) is 3. The van der Waals surface area contributed by atoms with Crippen molar-refractivity contribution >= 4 is 5.97 Å². The van der Waals surface area contributed by atoms with Gasteiger partial charge < -0.3 is 25.4 Å². The molecule has 0 aliphatic heterocycles. The number of aromatic nitrogens is 1. The molecule has 0 aliphatic carbocycles. The highest BCUT2D eigenvalue weighted by Gasteiger charge is 2.43. The maximum Gasteiger partial charge on any atom is 0.337 e. The summed E-state index contributed by atoms with van der Waals surface area (Å²) in [4.78, 5) is 15.7. The Bertz CT molecular complexity index is 695. The number of benzene rings is 1. The van der Waals surface area contributed by atoms with Gasteiger partial charge in [0.1, 0.15) is 5.75 Å². The van der Waals surface area contributed by atoms with Gasteiger partial charge >= 0.3 is 5.97 Å². The highest BCUT2D eigenvalue weighted by molar-refractivity contribution is 5.78. The average molecular weight is 346 g/mol. The van der Waals surface area contributed by atoms with Crippen molar-refractivity contribution in [2.75, 3.05) is 13.7 Å². The number of ether oxygens (including phenoxy) is 2. The molecule has 134 valence electrons. The first-order valence-electron chi connectivity index (χ1n) is 7.77. The van der Waals surface area contributed by atoms with E-state index in [9.17, 15) is 15.0 Å². The van der Waals surface area contributed by atoms with E-state index in [-0.39, 0.29) is 19.6 Å². The summed E-state index contributed by atoms with van der Waals surface area (Å²) in [7, 11) is 1.49. The number of carboxylic acid groups (broad SMARTS) is 1. The summed E-state index contributed by atoms with van der Waals surface area (Å²) in [5.74, 6) is -0.903. The maximum atomic E-state index is 11.6. The molecule has 0 bridgehead atoms. The van der Waals surface area contributed by atoms with Gasteiger partial charge in [-0.1, -0.05) is 30.3 Å². The first-order chi connectivity index (χ1) is 12.0. The Morgan fingerprint density at radius 3 is 2.68 bits per heavy atom. The second kappa shape index (κ2) is 8.57. The van der Waals surface area contributed by atoms with Crippen LogP contribution in [-0.2, 0) is 22.6 Å². The van der Waals surface area contributed by atoms with E-state index in [4.69, 9.17) is 15.2 Å². The van der Waals surface area contributed by atoms with Gasteiger partial charge in [-0.3, -0.25) is 4.98 Å². The van der Waals surface area contributed by atoms with Gasteiger partial charge in [0, 0.05) is 24.4 Å². The van der Waals surface area contributed by atoms with Gasteiger partial charge in [-0.2, -0.15) is 0 Å². The third-order valence-corrected chi connectivity index (χ3v) is 3.87. The summed E-state index contributed by atoms with van der Waals surface area (Å²) < 4.78 is 10.5. The molecule has 25 heavy (non-hydrogen) atoms. The van der Waals surface area contributed by atoms with Crippen molar-refractivity contribution in [1.29, 1.82) is 0 Å². The summed E-state index contributed by atoms with van der Waals surface area (Å²) in [5.41, 5.74) is 5.02. The van der Waals surface area contributed by atoms with Crippen LogP contribution in [0.3, 0.4) is 0 Å². The molecule has 0 saturated carbocycles. The average Bonchev–Trinajstić information content (AvgIpc) is 2.62. The van der Waals surface area contributed by atoms with E-state index < -0.39 is 17.6 Å². The van der Waals surface area contributed by atoms with Crippen LogP contribution in [0.1, 0.15) is 11.3 Å². The van der Waals surface area contributed by atoms with Crippen molar-refractivity contribution < 1.29 is 24.5 Å². The largest absolute Gasteiger partial charge is 0.497 e. The van der Waals surface area contributed by atoms with Crippen molar-refractivity contribution in [2.45, 2.75) is 24.7 Å². The zero-order chi connectivity index (χ0) is 18.3. The number of nitrogens with zero attached hydrogens (tertiary/aromatic N) is 1. The number of carboxylic acids is 1. The minimum Gasteiger partial charge on any atom is -0.497 e. The number of carbonyl (C=O) groups is 1. The first-order valence-corrected chi connectivity index (χ1v) is 7.77. The second-order valence-corrected chi connectivity index (χ2v) is 5.70. The fraction of sp³-hybridized carbons (Fsp3) is 0.333. The van der Waals surface area contributed by atoms with E-state index in [1.54, 1.807) is 12.1 Å². The van der Waals surface area contributed by atoms with Gasteiger partial charge in [-0.15, -0.1) is 0 Å². The molecular formula is C18H22N2O5. The van der Waals surface area contributed by atoms with Gasteiger partial charge in [0.15, 0.2) is 5.60 Å². The molecule has 1 heterocycles. The number of nitrogens with two attached hydrogens (primary N) is 1. The van der Waals surface area contributed by atoms with Gasteiger partial charge in [-0.25, -0.2) is 4.79 Å². The summed E-state index contributed by atoms with van der Waals surface area (Å²) in [6, 6.07) is 11.5. The fourth-order valence-corrected chi connectivity index (χ4v) is 2.34. The van der Waals surface area contributed by atoms with E-state index >= 15 is 0 Å². The number of pyridine rings is 1. The zero-order valence-corrected chi connectivity index (χ0v) is 14.0. The molecule has 0 saturated heterocycles. The predicted molar refractivity (Wildman–Crippen MR) is 91.2 cm³/mol. The van der Waals surface area contributed by atoms with Crippen LogP contribution < -0.4 is 10.5 Å². The SMILES string of the molecule is COc1ccnc(C[C@](O)(C(=O)O)[C@@H](N)COCc2ccccc2)c1. The molecule has 1 aromatic carbocycles. The lowest BCUT2D eigenvalue weighted by atomic mass is 9.89. The molecule has 0 spiro atoms. The molecule has 4 N–H and O–H groups in total. The third-order valence-electron chi connectivity index (χ3n) is 3.87. The lowest BCUT2D eigenvalue weighted by Crippen LogP contribution is -2.57. The number of aliphatic carboxylic acids is 1. The second-order valence-electron chi connectivity index (χ2n) is 5.70. The van der Waals surface area contributed by atoms with Gasteiger partial charge in [0.2, 0.25) is 0 Å². The van der Waals surface area contributed by atoms with Crippen LogP contribution in [0, 0.1) is 0 Å². The maximum absolute atomic E-state index is 11.6. The van der Waals surface area contributed by atoms with Crippen LogP contribution in [0.15, 0.2) is 48.7 Å². The molecule has 1 aromatic heterocycles. The Morgan fingerprint density at radius 2 is 2.04 bits per heavy atom. The molecule has 0 fully saturated rings. The predicted octanol–water partition coefficient (Wildman–Crippen LogP) is 0.993. The number of aliphatic hydroxyl groups is 1. The topological polar surface area (TPSA) is 115 Å². The summed E-state index contributed by atoms with van der Waals surface area (Å²) in [6.45, 7) is 0.170. The van der Waals surface area contributed by atoms with E-state index in [1.807, 2.05) is 30.3 Å². The Labute approximate surface area is 146 Å². The molecular weight excluding hydrogens is 324 g/mol. The van der Waals surface area contributed by atoms with Crippen molar-refractivity contribution in [2.24, 2.45) is 5.73 Å². The lowest BCUT2D eigenvalue weighted by molar-refractivity contribution is -0.162. The van der Waals surface area contributed by atoms with Crippen LogP contribution >= 0.6 is 0 Å². The fourth-order valence-electron chi connectivity index (χ4n) is 2.34. The molecule has 0 radical (unpaired) electrons. The quantitative estimate of drug-likeness (QED) is 0.620. The highest BCUT2D eigenvalue weighted by atomic mass is 16.5. The molecule has 2 rings (SSSR count). The van der Waals surface area contributed by atoms with Crippen molar-refractivity contribution in [3.05, 3.63) is 59.9 Å². The van der Waals surface area contributed by atoms with Crippen LogP contribution in [0.25, 0.3) is 0 Å². The molecule has 0 amide bonds. The molecule has 0 aliphatic rings. The molecule has 0 unspecified atom stereocenters. The molecule has 2 atom stereocenters. The summed E-state index contributed by atoms with van der Waals surface area (Å²) in [6.07, 6.45) is 1.23. The number of methoxy groups -OCH3 is 1. The van der Waals surface area contributed by atoms with Gasteiger partial charge in [0.05, 0.1) is 26.4 Å². The Hall–Kier alpha value is -2.48. The number of hydrogen-bond acceptors (Lipinski definition) is 6. The molecule has 2 aromatic rings. The Kier molecular flexibility index (Phi) is 6.46.